The van der Waals surface area contributed by atoms with Crippen molar-refractivity contribution in [2.24, 2.45) is 0 Å². The smallest absolute Gasteiger partial charge is 0.193 e. The maximum atomic E-state index is 10.9. The molecule has 3 nitrogen and oxygen atoms in total. The Balaban J connectivity index is 4.16. The highest BCUT2D eigenvalue weighted by Crippen LogP contribution is 2.41. The highest BCUT2D eigenvalue weighted by molar-refractivity contribution is 7.79. The maximum absolute atomic E-state index is 10.9. The summed E-state index contributed by atoms with van der Waals surface area (Å²) in [6.45, 7) is 2.94. The zero-order valence-electron chi connectivity index (χ0n) is 5.63. The monoisotopic (exact) mass is 150 g/mol. The maximum Gasteiger partial charge on any atom is 0.193 e. The minimum absolute atomic E-state index is 0.244. The predicted molar refractivity (Wildman–Crippen MR) is 35.9 cm³/mol. The van der Waals surface area contributed by atoms with Crippen LogP contribution in [0.3, 0.4) is 0 Å². The standard InChI is InChI=1S/C5H11O3P/c1-3-5(7)9(2,8)4-6/h6H,3-4H2,1-2H3. The Bertz CT molecular complexity index is 152. The highest BCUT2D eigenvalue weighted by Gasteiger charge is 2.21. The van der Waals surface area contributed by atoms with Crippen LogP contribution in [0.1, 0.15) is 13.3 Å². The Morgan fingerprint density at radius 1 is 1.67 bits per heavy atom. The number of aliphatic hydroxyl groups is 1. The first-order valence-corrected chi connectivity index (χ1v) is 5.09. The third-order valence-corrected chi connectivity index (χ3v) is 3.01. The summed E-state index contributed by atoms with van der Waals surface area (Å²) in [5, 5.41) is 8.41. The molecule has 1 N–H and O–H groups in total. The molecule has 0 aliphatic carbocycles. The zero-order chi connectivity index (χ0) is 7.49. The van der Waals surface area contributed by atoms with E-state index in [-0.39, 0.29) is 11.9 Å². The largest absolute Gasteiger partial charge is 0.388 e. The lowest BCUT2D eigenvalue weighted by Gasteiger charge is -2.04. The van der Waals surface area contributed by atoms with E-state index in [1.807, 2.05) is 0 Å². The lowest BCUT2D eigenvalue weighted by Crippen LogP contribution is -1.99. The fourth-order valence-corrected chi connectivity index (χ4v) is 1.24. The van der Waals surface area contributed by atoms with Gasteiger partial charge in [0.15, 0.2) is 12.7 Å². The molecule has 0 aliphatic heterocycles. The summed E-state index contributed by atoms with van der Waals surface area (Å²) in [6.07, 6.45) is -0.256. The Hall–Kier alpha value is -0.140. The zero-order valence-corrected chi connectivity index (χ0v) is 6.52. The SMILES string of the molecule is CCC(=O)P(C)(=O)CO. The molecule has 0 heterocycles. The van der Waals surface area contributed by atoms with E-state index in [4.69, 9.17) is 5.11 Å². The fourth-order valence-electron chi connectivity index (χ4n) is 0.413. The van der Waals surface area contributed by atoms with E-state index < -0.39 is 13.5 Å². The minimum atomic E-state index is -2.85. The summed E-state index contributed by atoms with van der Waals surface area (Å²) in [5.74, 6) is 0. The van der Waals surface area contributed by atoms with Crippen LogP contribution < -0.4 is 0 Å². The molecular formula is C5H11O3P. The van der Waals surface area contributed by atoms with Crippen LogP contribution in [0.4, 0.5) is 0 Å². The normalized spacial score (nSPS) is 16.8. The van der Waals surface area contributed by atoms with Crippen LogP contribution in [0.15, 0.2) is 0 Å². The number of hydrogen-bond acceptors (Lipinski definition) is 3. The molecule has 0 amide bonds. The summed E-state index contributed by atoms with van der Waals surface area (Å²) in [7, 11) is -2.85. The third-order valence-electron chi connectivity index (χ3n) is 1.10. The average molecular weight is 150 g/mol. The molecule has 54 valence electrons. The first-order chi connectivity index (χ1) is 4.04. The molecule has 0 aromatic rings. The van der Waals surface area contributed by atoms with Crippen LogP contribution in [0, 0.1) is 0 Å². The number of aliphatic hydroxyl groups excluding tert-OH is 1. The van der Waals surface area contributed by atoms with Crippen LogP contribution in [0.2, 0.25) is 0 Å². The van der Waals surface area contributed by atoms with Crippen molar-refractivity contribution >= 4 is 12.7 Å². The van der Waals surface area contributed by atoms with Gasteiger partial charge in [0.25, 0.3) is 0 Å². The second-order valence-electron chi connectivity index (χ2n) is 1.99. The molecule has 9 heavy (non-hydrogen) atoms. The Morgan fingerprint density at radius 3 is 2.22 bits per heavy atom. The van der Waals surface area contributed by atoms with Gasteiger partial charge >= 0.3 is 0 Å². The lowest BCUT2D eigenvalue weighted by atomic mass is 10.6. The molecule has 0 fully saturated rings. The van der Waals surface area contributed by atoms with Gasteiger partial charge in [-0.05, 0) is 6.66 Å². The van der Waals surface area contributed by atoms with Crippen molar-refractivity contribution in [2.45, 2.75) is 13.3 Å². The molecular weight excluding hydrogens is 139 g/mol. The molecule has 0 spiro atoms. The second-order valence-corrected chi connectivity index (χ2v) is 4.97. The van der Waals surface area contributed by atoms with Gasteiger partial charge in [-0.3, -0.25) is 4.79 Å². The van der Waals surface area contributed by atoms with E-state index in [1.165, 1.54) is 6.66 Å². The summed E-state index contributed by atoms with van der Waals surface area (Å²) < 4.78 is 10.9. The van der Waals surface area contributed by atoms with Gasteiger partial charge in [0.1, 0.15) is 6.35 Å². The van der Waals surface area contributed by atoms with Crippen LogP contribution in [0.5, 0.6) is 0 Å². The summed E-state index contributed by atoms with van der Waals surface area (Å²) in [6, 6.07) is 0. The first kappa shape index (κ1) is 8.86. The van der Waals surface area contributed by atoms with Gasteiger partial charge in [-0.2, -0.15) is 0 Å². The van der Waals surface area contributed by atoms with E-state index in [0.717, 1.165) is 0 Å². The van der Waals surface area contributed by atoms with Crippen LogP contribution in [-0.4, -0.2) is 23.6 Å². The predicted octanol–water partition coefficient (Wildman–Crippen LogP) is 0.866. The molecule has 1 unspecified atom stereocenters. The molecule has 0 aliphatic rings. The van der Waals surface area contributed by atoms with E-state index >= 15 is 0 Å². The van der Waals surface area contributed by atoms with E-state index in [0.29, 0.717) is 0 Å². The van der Waals surface area contributed by atoms with Gasteiger partial charge in [0, 0.05) is 6.42 Å². The Labute approximate surface area is 54.4 Å². The van der Waals surface area contributed by atoms with Gasteiger partial charge in [0.05, 0.1) is 0 Å². The molecule has 0 saturated carbocycles. The summed E-state index contributed by atoms with van der Waals surface area (Å²) in [5.41, 5.74) is -0.329. The molecule has 0 saturated heterocycles. The van der Waals surface area contributed by atoms with E-state index in [2.05, 4.69) is 0 Å². The van der Waals surface area contributed by atoms with Gasteiger partial charge in [-0.1, -0.05) is 6.92 Å². The number of carbonyl (C=O) groups excluding carboxylic acids is 1. The quantitative estimate of drug-likeness (QED) is 0.607. The Morgan fingerprint density at radius 2 is 2.11 bits per heavy atom. The van der Waals surface area contributed by atoms with Gasteiger partial charge in [-0.25, -0.2) is 0 Å². The molecule has 4 heteroatoms. The number of rotatable bonds is 3. The first-order valence-electron chi connectivity index (χ1n) is 2.75. The molecule has 0 rings (SSSR count). The number of carbonyl (C=O) groups is 1. The van der Waals surface area contributed by atoms with E-state index in [1.54, 1.807) is 6.92 Å². The molecule has 0 aromatic carbocycles. The summed E-state index contributed by atoms with van der Waals surface area (Å²) in [4.78, 5) is 10.6. The van der Waals surface area contributed by atoms with Crippen molar-refractivity contribution in [2.75, 3.05) is 13.0 Å². The van der Waals surface area contributed by atoms with Crippen LogP contribution >= 0.6 is 7.14 Å². The van der Waals surface area contributed by atoms with Crippen molar-refractivity contribution in [3.05, 3.63) is 0 Å². The van der Waals surface area contributed by atoms with E-state index in [9.17, 15) is 9.36 Å². The molecule has 0 radical (unpaired) electrons. The molecule has 0 aromatic heterocycles. The average Bonchev–Trinajstić information content (AvgIpc) is 1.86. The molecule has 1 atom stereocenters. The van der Waals surface area contributed by atoms with Crippen molar-refractivity contribution in [3.8, 4) is 0 Å². The van der Waals surface area contributed by atoms with Crippen molar-refractivity contribution in [1.29, 1.82) is 0 Å². The van der Waals surface area contributed by atoms with Crippen LogP contribution in [0.25, 0.3) is 0 Å². The second kappa shape index (κ2) is 3.14. The van der Waals surface area contributed by atoms with Gasteiger partial charge in [0.2, 0.25) is 0 Å². The Kier molecular flexibility index (Phi) is 3.09. The topological polar surface area (TPSA) is 54.4 Å². The fraction of sp³-hybridized carbons (Fsp3) is 0.800. The van der Waals surface area contributed by atoms with Crippen molar-refractivity contribution in [3.63, 3.8) is 0 Å². The third kappa shape index (κ3) is 2.29. The summed E-state index contributed by atoms with van der Waals surface area (Å²) >= 11 is 0. The van der Waals surface area contributed by atoms with Crippen molar-refractivity contribution < 1.29 is 14.5 Å². The van der Waals surface area contributed by atoms with Gasteiger partial charge in [-0.15, -0.1) is 0 Å². The van der Waals surface area contributed by atoms with Gasteiger partial charge < -0.3 is 9.67 Å². The minimum Gasteiger partial charge on any atom is -0.388 e. The number of hydrogen-bond donors (Lipinski definition) is 1. The lowest BCUT2D eigenvalue weighted by molar-refractivity contribution is -0.111. The highest BCUT2D eigenvalue weighted by atomic mass is 31.2. The molecule has 0 bridgehead atoms. The van der Waals surface area contributed by atoms with Crippen LogP contribution in [-0.2, 0) is 9.36 Å². The van der Waals surface area contributed by atoms with Crippen molar-refractivity contribution in [1.82, 2.24) is 0 Å².